The minimum absolute atomic E-state index is 0.0514. The van der Waals surface area contributed by atoms with Crippen molar-refractivity contribution >= 4 is 22.4 Å². The summed E-state index contributed by atoms with van der Waals surface area (Å²) >= 11 is 6.36. The van der Waals surface area contributed by atoms with E-state index in [4.69, 9.17) is 16.3 Å². The summed E-state index contributed by atoms with van der Waals surface area (Å²) in [4.78, 5) is 0. The van der Waals surface area contributed by atoms with Gasteiger partial charge in [0.15, 0.2) is 0 Å². The van der Waals surface area contributed by atoms with Crippen LogP contribution in [-0.2, 0) is 13.2 Å². The molecule has 0 radical (unpaired) electrons. The zero-order valence-electron chi connectivity index (χ0n) is 18.3. The molecule has 0 aliphatic heterocycles. The van der Waals surface area contributed by atoms with Crippen LogP contribution in [0.1, 0.15) is 49.7 Å². The minimum atomic E-state index is -0.459. The first-order valence-electron chi connectivity index (χ1n) is 11.9. The van der Waals surface area contributed by atoms with E-state index in [9.17, 15) is 5.11 Å². The lowest BCUT2D eigenvalue weighted by Gasteiger charge is -2.60. The molecular formula is C28H30ClNO2. The summed E-state index contributed by atoms with van der Waals surface area (Å²) in [6, 6.07) is 20.6. The molecule has 7 rings (SSSR count). The molecule has 4 saturated carbocycles. The number of fused-ring (bicyclic) bond motifs is 1. The molecule has 0 aromatic heterocycles. The Morgan fingerprint density at radius 1 is 0.938 bits per heavy atom. The summed E-state index contributed by atoms with van der Waals surface area (Å²) in [6.45, 7) is 1.19. The second-order valence-electron chi connectivity index (χ2n) is 10.5. The number of nitrogens with one attached hydrogen (secondary N) is 1. The number of aliphatic hydroxyl groups is 1. The van der Waals surface area contributed by atoms with Crippen molar-refractivity contribution in [3.8, 4) is 5.75 Å². The predicted octanol–water partition coefficient (Wildman–Crippen LogP) is 6.25. The van der Waals surface area contributed by atoms with E-state index in [1.807, 2.05) is 24.3 Å². The Bertz CT molecular complexity index is 1150. The van der Waals surface area contributed by atoms with Gasteiger partial charge < -0.3 is 15.2 Å². The van der Waals surface area contributed by atoms with Gasteiger partial charge in [0.25, 0.3) is 0 Å². The van der Waals surface area contributed by atoms with Gasteiger partial charge in [0.1, 0.15) is 12.4 Å². The van der Waals surface area contributed by atoms with Crippen LogP contribution in [0.5, 0.6) is 5.75 Å². The van der Waals surface area contributed by atoms with Crippen LogP contribution < -0.4 is 10.1 Å². The van der Waals surface area contributed by atoms with E-state index in [0.29, 0.717) is 18.4 Å². The molecule has 4 bridgehead atoms. The van der Waals surface area contributed by atoms with E-state index in [2.05, 4.69) is 41.7 Å². The number of benzene rings is 3. The molecule has 3 nitrogen and oxygen atoms in total. The average molecular weight is 448 g/mol. The molecule has 4 aliphatic rings. The third kappa shape index (κ3) is 3.71. The number of hydrogen-bond acceptors (Lipinski definition) is 3. The van der Waals surface area contributed by atoms with Gasteiger partial charge in [-0.05, 0) is 73.3 Å². The molecule has 166 valence electrons. The van der Waals surface area contributed by atoms with Crippen molar-refractivity contribution in [1.29, 1.82) is 0 Å². The largest absolute Gasteiger partial charge is 0.488 e. The van der Waals surface area contributed by atoms with Crippen molar-refractivity contribution in [3.05, 3.63) is 76.8 Å². The molecule has 3 aromatic carbocycles. The van der Waals surface area contributed by atoms with E-state index in [0.717, 1.165) is 42.1 Å². The van der Waals surface area contributed by atoms with E-state index in [-0.39, 0.29) is 5.54 Å². The highest BCUT2D eigenvalue weighted by Crippen LogP contribution is 2.57. The average Bonchev–Trinajstić information content (AvgIpc) is 2.75. The van der Waals surface area contributed by atoms with E-state index < -0.39 is 5.60 Å². The normalized spacial score (nSPS) is 30.7. The van der Waals surface area contributed by atoms with Crippen LogP contribution in [-0.4, -0.2) is 16.2 Å². The number of hydrogen-bond donors (Lipinski definition) is 2. The fraction of sp³-hybridized carbons (Fsp3) is 0.429. The Morgan fingerprint density at radius 2 is 1.69 bits per heavy atom. The second-order valence-corrected chi connectivity index (χ2v) is 10.9. The predicted molar refractivity (Wildman–Crippen MR) is 129 cm³/mol. The van der Waals surface area contributed by atoms with Gasteiger partial charge in [-0.1, -0.05) is 60.1 Å². The van der Waals surface area contributed by atoms with Gasteiger partial charge in [0.2, 0.25) is 0 Å². The smallest absolute Gasteiger partial charge is 0.124 e. The summed E-state index contributed by atoms with van der Waals surface area (Å²) in [5.41, 5.74) is 1.78. The van der Waals surface area contributed by atoms with Gasteiger partial charge in [-0.25, -0.2) is 0 Å². The first-order valence-corrected chi connectivity index (χ1v) is 12.2. The zero-order valence-corrected chi connectivity index (χ0v) is 19.1. The summed E-state index contributed by atoms with van der Waals surface area (Å²) in [5.74, 6) is 2.23. The first-order chi connectivity index (χ1) is 15.5. The Labute approximate surface area is 194 Å². The molecule has 2 atom stereocenters. The van der Waals surface area contributed by atoms with Crippen LogP contribution >= 0.6 is 11.6 Å². The van der Waals surface area contributed by atoms with Crippen molar-refractivity contribution in [2.75, 3.05) is 0 Å². The minimum Gasteiger partial charge on any atom is -0.488 e. The van der Waals surface area contributed by atoms with Crippen molar-refractivity contribution in [2.45, 2.75) is 62.8 Å². The summed E-state index contributed by atoms with van der Waals surface area (Å²) in [6.07, 6.45) is 6.54. The van der Waals surface area contributed by atoms with Gasteiger partial charge in [-0.3, -0.25) is 0 Å². The molecule has 0 heterocycles. The van der Waals surface area contributed by atoms with Gasteiger partial charge >= 0.3 is 0 Å². The Kier molecular flexibility index (Phi) is 4.98. The first kappa shape index (κ1) is 20.5. The third-order valence-corrected chi connectivity index (χ3v) is 8.38. The second kappa shape index (κ2) is 7.76. The monoisotopic (exact) mass is 447 g/mol. The summed E-state index contributed by atoms with van der Waals surface area (Å²) in [7, 11) is 0. The highest BCUT2D eigenvalue weighted by molar-refractivity contribution is 6.31. The van der Waals surface area contributed by atoms with Crippen LogP contribution in [0.15, 0.2) is 60.7 Å². The molecule has 3 aromatic rings. The van der Waals surface area contributed by atoms with E-state index >= 15 is 0 Å². The van der Waals surface area contributed by atoms with Crippen molar-refractivity contribution in [2.24, 2.45) is 11.8 Å². The van der Waals surface area contributed by atoms with Crippen molar-refractivity contribution < 1.29 is 9.84 Å². The molecule has 0 spiro atoms. The maximum absolute atomic E-state index is 11.2. The van der Waals surface area contributed by atoms with Crippen LogP contribution in [0.25, 0.3) is 10.8 Å². The van der Waals surface area contributed by atoms with Gasteiger partial charge in [0.05, 0.1) is 5.60 Å². The zero-order chi connectivity index (χ0) is 21.8. The Balaban J connectivity index is 1.29. The maximum Gasteiger partial charge on any atom is 0.124 e. The lowest BCUT2D eigenvalue weighted by atomic mass is 9.51. The van der Waals surface area contributed by atoms with Crippen molar-refractivity contribution in [3.63, 3.8) is 0 Å². The molecule has 4 fully saturated rings. The highest BCUT2D eigenvalue weighted by atomic mass is 35.5. The maximum atomic E-state index is 11.2. The molecular weight excluding hydrogens is 418 g/mol. The Hall–Kier alpha value is -2.07. The lowest BCUT2D eigenvalue weighted by Crippen LogP contribution is -2.64. The molecule has 0 amide bonds. The number of rotatable bonds is 6. The SMILES string of the molecule is OC12CC3CC(C1)CC(NCc1c(OCc4ccccc4Cl)ccc4ccccc14)(C3)C2. The highest BCUT2D eigenvalue weighted by Gasteiger charge is 2.56. The molecule has 2 N–H and O–H groups in total. The van der Waals surface area contributed by atoms with Gasteiger partial charge in [-0.15, -0.1) is 0 Å². The van der Waals surface area contributed by atoms with Crippen LogP contribution in [0, 0.1) is 11.8 Å². The van der Waals surface area contributed by atoms with E-state index in [1.165, 1.54) is 35.6 Å². The van der Waals surface area contributed by atoms with Crippen LogP contribution in [0.4, 0.5) is 0 Å². The molecule has 2 unspecified atom stereocenters. The Morgan fingerprint density at radius 3 is 2.47 bits per heavy atom. The van der Waals surface area contributed by atoms with Crippen LogP contribution in [0.3, 0.4) is 0 Å². The third-order valence-electron chi connectivity index (χ3n) is 8.01. The van der Waals surface area contributed by atoms with E-state index in [1.54, 1.807) is 0 Å². The molecule has 0 saturated heterocycles. The quantitative estimate of drug-likeness (QED) is 0.469. The van der Waals surface area contributed by atoms with Crippen LogP contribution in [0.2, 0.25) is 5.02 Å². The molecule has 32 heavy (non-hydrogen) atoms. The van der Waals surface area contributed by atoms with Crippen molar-refractivity contribution in [1.82, 2.24) is 5.32 Å². The lowest BCUT2D eigenvalue weighted by molar-refractivity contribution is -0.142. The molecule has 4 aliphatic carbocycles. The topological polar surface area (TPSA) is 41.5 Å². The summed E-state index contributed by atoms with van der Waals surface area (Å²) in [5, 5.41) is 18.3. The van der Waals surface area contributed by atoms with Gasteiger partial charge in [-0.2, -0.15) is 0 Å². The fourth-order valence-corrected chi connectivity index (χ4v) is 7.29. The van der Waals surface area contributed by atoms with Gasteiger partial charge in [0, 0.05) is 28.2 Å². The summed E-state index contributed by atoms with van der Waals surface area (Å²) < 4.78 is 6.33. The standard InChI is InChI=1S/C28H30ClNO2/c29-25-8-4-2-6-22(25)17-32-26-10-9-21-5-1-3-7-23(21)24(26)16-30-27-12-19-11-20(13-27)15-28(31,14-19)18-27/h1-10,19-20,30-31H,11-18H2. The number of ether oxygens (including phenoxy) is 1. The fourth-order valence-electron chi connectivity index (χ4n) is 7.10. The number of halogens is 1. The molecule has 4 heteroatoms.